The van der Waals surface area contributed by atoms with Crippen LogP contribution in [0.5, 0.6) is 0 Å². The standard InChI is InChI=1S/C14H21NO3S/c1-10(16)19-8-7-13(17)14(18)11-5-4-6-12(9-11)15(2)3/h4-6,9,13-14,17-18H,7-8H2,1-3H3. The highest BCUT2D eigenvalue weighted by Gasteiger charge is 2.18. The van der Waals surface area contributed by atoms with Crippen molar-refractivity contribution in [2.45, 2.75) is 25.6 Å². The van der Waals surface area contributed by atoms with E-state index >= 15 is 0 Å². The van der Waals surface area contributed by atoms with Crippen LogP contribution >= 0.6 is 11.8 Å². The van der Waals surface area contributed by atoms with Crippen LogP contribution in [0.4, 0.5) is 5.69 Å². The Balaban J connectivity index is 2.63. The minimum absolute atomic E-state index is 0.0243. The highest BCUT2D eigenvalue weighted by molar-refractivity contribution is 8.13. The normalized spacial score (nSPS) is 13.9. The van der Waals surface area contributed by atoms with Gasteiger partial charge in [-0.3, -0.25) is 4.79 Å². The molecule has 0 fully saturated rings. The highest BCUT2D eigenvalue weighted by Crippen LogP contribution is 2.24. The number of benzene rings is 1. The third kappa shape index (κ3) is 5.22. The minimum atomic E-state index is -0.924. The lowest BCUT2D eigenvalue weighted by Gasteiger charge is -2.20. The summed E-state index contributed by atoms with van der Waals surface area (Å²) in [5.74, 6) is 0.515. The number of thioether (sulfide) groups is 1. The molecule has 19 heavy (non-hydrogen) atoms. The summed E-state index contributed by atoms with van der Waals surface area (Å²) in [4.78, 5) is 12.7. The zero-order valence-electron chi connectivity index (χ0n) is 11.5. The second kappa shape index (κ2) is 7.53. The van der Waals surface area contributed by atoms with Gasteiger partial charge >= 0.3 is 0 Å². The van der Waals surface area contributed by atoms with Gasteiger partial charge in [-0.25, -0.2) is 0 Å². The molecule has 1 aromatic carbocycles. The van der Waals surface area contributed by atoms with E-state index in [0.717, 1.165) is 17.4 Å². The van der Waals surface area contributed by atoms with E-state index in [4.69, 9.17) is 0 Å². The van der Waals surface area contributed by atoms with Gasteiger partial charge in [-0.2, -0.15) is 0 Å². The van der Waals surface area contributed by atoms with Crippen molar-refractivity contribution in [3.63, 3.8) is 0 Å². The summed E-state index contributed by atoms with van der Waals surface area (Å²) >= 11 is 1.16. The third-order valence-electron chi connectivity index (χ3n) is 2.81. The highest BCUT2D eigenvalue weighted by atomic mass is 32.2. The molecule has 1 aromatic rings. The van der Waals surface area contributed by atoms with Gasteiger partial charge in [-0.05, 0) is 24.1 Å². The average Bonchev–Trinajstić information content (AvgIpc) is 2.37. The van der Waals surface area contributed by atoms with Crippen molar-refractivity contribution >= 4 is 22.6 Å². The zero-order valence-corrected chi connectivity index (χ0v) is 12.4. The Hall–Kier alpha value is -1.04. The van der Waals surface area contributed by atoms with Gasteiger partial charge in [0.1, 0.15) is 6.10 Å². The average molecular weight is 283 g/mol. The summed E-state index contributed by atoms with van der Waals surface area (Å²) in [6.45, 7) is 1.49. The molecular formula is C14H21NO3S. The molecule has 2 atom stereocenters. The Morgan fingerprint density at radius 3 is 2.63 bits per heavy atom. The second-order valence-corrected chi connectivity index (χ2v) is 5.90. The van der Waals surface area contributed by atoms with Gasteiger partial charge in [0.2, 0.25) is 0 Å². The van der Waals surface area contributed by atoms with Crippen molar-refractivity contribution in [3.05, 3.63) is 29.8 Å². The zero-order chi connectivity index (χ0) is 14.4. The fourth-order valence-electron chi connectivity index (χ4n) is 1.69. The summed E-state index contributed by atoms with van der Waals surface area (Å²) in [6.07, 6.45) is -1.39. The quantitative estimate of drug-likeness (QED) is 0.834. The van der Waals surface area contributed by atoms with Crippen LogP contribution in [0.3, 0.4) is 0 Å². The maximum absolute atomic E-state index is 10.8. The summed E-state index contributed by atoms with van der Waals surface area (Å²) < 4.78 is 0. The fraction of sp³-hybridized carbons (Fsp3) is 0.500. The van der Waals surface area contributed by atoms with E-state index in [-0.39, 0.29) is 5.12 Å². The molecule has 0 aliphatic rings. The van der Waals surface area contributed by atoms with Crippen molar-refractivity contribution in [1.82, 2.24) is 0 Å². The molecule has 0 spiro atoms. The molecule has 1 rings (SSSR count). The van der Waals surface area contributed by atoms with Gasteiger partial charge in [-0.15, -0.1) is 0 Å². The predicted octanol–water partition coefficient (Wildman–Crippen LogP) is 1.82. The Morgan fingerprint density at radius 2 is 2.05 bits per heavy atom. The number of hydrogen-bond acceptors (Lipinski definition) is 5. The lowest BCUT2D eigenvalue weighted by molar-refractivity contribution is -0.109. The molecule has 4 nitrogen and oxygen atoms in total. The molecule has 2 unspecified atom stereocenters. The molecule has 0 saturated carbocycles. The Morgan fingerprint density at radius 1 is 1.37 bits per heavy atom. The molecule has 0 bridgehead atoms. The number of aliphatic hydroxyl groups excluding tert-OH is 2. The number of carbonyl (C=O) groups is 1. The number of rotatable bonds is 6. The molecule has 0 aromatic heterocycles. The third-order valence-corrected chi connectivity index (χ3v) is 3.66. The fourth-order valence-corrected chi connectivity index (χ4v) is 2.34. The smallest absolute Gasteiger partial charge is 0.185 e. The monoisotopic (exact) mass is 283 g/mol. The van der Waals surface area contributed by atoms with Crippen LogP contribution in [0.2, 0.25) is 0 Å². The van der Waals surface area contributed by atoms with Gasteiger partial charge in [0.15, 0.2) is 5.12 Å². The first-order valence-electron chi connectivity index (χ1n) is 6.18. The lowest BCUT2D eigenvalue weighted by Crippen LogP contribution is -2.19. The van der Waals surface area contributed by atoms with Crippen LogP contribution in [-0.4, -0.2) is 41.3 Å². The molecular weight excluding hydrogens is 262 g/mol. The van der Waals surface area contributed by atoms with Crippen molar-refractivity contribution in [2.75, 3.05) is 24.7 Å². The number of anilines is 1. The topological polar surface area (TPSA) is 60.8 Å². The Labute approximate surface area is 118 Å². The lowest BCUT2D eigenvalue weighted by atomic mass is 10.0. The van der Waals surface area contributed by atoms with Crippen LogP contribution in [0.1, 0.15) is 25.0 Å². The van der Waals surface area contributed by atoms with Crippen LogP contribution in [0, 0.1) is 0 Å². The molecule has 0 radical (unpaired) electrons. The molecule has 2 N–H and O–H groups in total. The van der Waals surface area contributed by atoms with Crippen molar-refractivity contribution in [1.29, 1.82) is 0 Å². The van der Waals surface area contributed by atoms with E-state index < -0.39 is 12.2 Å². The van der Waals surface area contributed by atoms with Crippen LogP contribution in [0.25, 0.3) is 0 Å². The maximum Gasteiger partial charge on any atom is 0.185 e. The molecule has 0 amide bonds. The van der Waals surface area contributed by atoms with Crippen LogP contribution < -0.4 is 4.90 Å². The van der Waals surface area contributed by atoms with Crippen molar-refractivity contribution in [3.8, 4) is 0 Å². The molecule has 5 heteroatoms. The first kappa shape index (κ1) is 16.0. The summed E-state index contributed by atoms with van der Waals surface area (Å²) in [5.41, 5.74) is 1.66. The predicted molar refractivity (Wildman–Crippen MR) is 79.5 cm³/mol. The summed E-state index contributed by atoms with van der Waals surface area (Å²) in [7, 11) is 3.84. The summed E-state index contributed by atoms with van der Waals surface area (Å²) in [6, 6.07) is 7.43. The largest absolute Gasteiger partial charge is 0.390 e. The second-order valence-electron chi connectivity index (χ2n) is 4.63. The van der Waals surface area contributed by atoms with Gasteiger partial charge in [0.05, 0.1) is 6.10 Å². The molecule has 0 heterocycles. The molecule has 106 valence electrons. The van der Waals surface area contributed by atoms with Gasteiger partial charge in [0.25, 0.3) is 0 Å². The number of carbonyl (C=O) groups excluding carboxylic acids is 1. The van der Waals surface area contributed by atoms with Gasteiger partial charge in [0, 0.05) is 32.5 Å². The minimum Gasteiger partial charge on any atom is -0.390 e. The van der Waals surface area contributed by atoms with Crippen molar-refractivity contribution < 1.29 is 15.0 Å². The van der Waals surface area contributed by atoms with E-state index in [0.29, 0.717) is 17.7 Å². The SMILES string of the molecule is CC(=O)SCCC(O)C(O)c1cccc(N(C)C)c1. The van der Waals surface area contributed by atoms with Gasteiger partial charge < -0.3 is 15.1 Å². The Kier molecular flexibility index (Phi) is 6.34. The summed E-state index contributed by atoms with van der Waals surface area (Å²) in [5, 5.41) is 20.0. The van der Waals surface area contributed by atoms with E-state index in [2.05, 4.69) is 0 Å². The van der Waals surface area contributed by atoms with E-state index in [1.807, 2.05) is 37.2 Å². The Bertz CT molecular complexity index is 423. The first-order chi connectivity index (χ1) is 8.91. The van der Waals surface area contributed by atoms with E-state index in [1.54, 1.807) is 6.07 Å². The first-order valence-corrected chi connectivity index (χ1v) is 7.17. The number of hydrogen-bond donors (Lipinski definition) is 2. The number of aliphatic hydroxyl groups is 2. The number of nitrogens with zero attached hydrogens (tertiary/aromatic N) is 1. The molecule has 0 saturated heterocycles. The molecule has 0 aliphatic carbocycles. The van der Waals surface area contributed by atoms with Crippen LogP contribution in [0.15, 0.2) is 24.3 Å². The van der Waals surface area contributed by atoms with Crippen molar-refractivity contribution in [2.24, 2.45) is 0 Å². The van der Waals surface area contributed by atoms with Gasteiger partial charge in [-0.1, -0.05) is 23.9 Å². The maximum atomic E-state index is 10.8. The van der Waals surface area contributed by atoms with E-state index in [9.17, 15) is 15.0 Å². The van der Waals surface area contributed by atoms with Crippen LogP contribution in [-0.2, 0) is 4.79 Å². The molecule has 0 aliphatic heterocycles. The van der Waals surface area contributed by atoms with E-state index in [1.165, 1.54) is 6.92 Å².